The highest BCUT2D eigenvalue weighted by molar-refractivity contribution is 5.07. The van der Waals surface area contributed by atoms with E-state index >= 15 is 0 Å². The molecule has 1 aromatic heterocycles. The average molecular weight is 274 g/mol. The molecule has 110 valence electrons. The number of rotatable bonds is 4. The van der Waals surface area contributed by atoms with E-state index in [4.69, 9.17) is 0 Å². The lowest BCUT2D eigenvalue weighted by molar-refractivity contribution is 0.360. The first kappa shape index (κ1) is 13.8. The van der Waals surface area contributed by atoms with E-state index in [0.717, 1.165) is 37.2 Å². The van der Waals surface area contributed by atoms with Gasteiger partial charge in [-0.15, -0.1) is 10.2 Å². The predicted molar refractivity (Wildman–Crippen MR) is 80.4 cm³/mol. The van der Waals surface area contributed by atoms with E-state index in [1.165, 1.54) is 25.1 Å². The molecule has 0 bridgehead atoms. The van der Waals surface area contributed by atoms with E-state index in [1.54, 1.807) is 5.57 Å². The number of nitrogens with zero attached hydrogens (tertiary/aromatic N) is 3. The van der Waals surface area contributed by atoms with Crippen LogP contribution in [0.5, 0.6) is 0 Å². The van der Waals surface area contributed by atoms with E-state index in [1.807, 2.05) is 0 Å². The van der Waals surface area contributed by atoms with Crippen LogP contribution in [-0.2, 0) is 13.0 Å². The number of hydrogen-bond acceptors (Lipinski definition) is 3. The molecule has 1 aliphatic heterocycles. The van der Waals surface area contributed by atoms with E-state index in [-0.39, 0.29) is 0 Å². The largest absolute Gasteiger partial charge is 0.314 e. The standard InChI is InChI=1S/C16H26N4/c1-11-7-12(2)9-14(8-11)10-17-13(3)16-19-18-15-5-4-6-20(15)16/h7,11,13-14,17H,4-6,8-10H2,1-3H3. The molecule has 0 fully saturated rings. The Morgan fingerprint density at radius 3 is 3.10 bits per heavy atom. The van der Waals surface area contributed by atoms with Crippen LogP contribution in [0, 0.1) is 11.8 Å². The van der Waals surface area contributed by atoms with Crippen LogP contribution < -0.4 is 5.32 Å². The van der Waals surface area contributed by atoms with Crippen molar-refractivity contribution in [3.8, 4) is 0 Å². The molecule has 4 nitrogen and oxygen atoms in total. The number of aromatic nitrogens is 3. The molecule has 1 aliphatic carbocycles. The molecule has 0 amide bonds. The zero-order valence-corrected chi connectivity index (χ0v) is 12.9. The van der Waals surface area contributed by atoms with Crippen molar-refractivity contribution in [1.29, 1.82) is 0 Å². The summed E-state index contributed by atoms with van der Waals surface area (Å²) in [6, 6.07) is 0.302. The van der Waals surface area contributed by atoms with E-state index < -0.39 is 0 Å². The van der Waals surface area contributed by atoms with Gasteiger partial charge in [0.1, 0.15) is 11.6 Å². The van der Waals surface area contributed by atoms with Gasteiger partial charge in [0.05, 0.1) is 6.04 Å². The quantitative estimate of drug-likeness (QED) is 0.859. The Hall–Kier alpha value is -1.16. The Labute approximate surface area is 121 Å². The second-order valence-corrected chi connectivity index (χ2v) is 6.66. The Morgan fingerprint density at radius 1 is 1.45 bits per heavy atom. The van der Waals surface area contributed by atoms with Gasteiger partial charge >= 0.3 is 0 Å². The van der Waals surface area contributed by atoms with Crippen molar-refractivity contribution in [2.24, 2.45) is 11.8 Å². The topological polar surface area (TPSA) is 42.7 Å². The highest BCUT2D eigenvalue weighted by atomic mass is 15.3. The fourth-order valence-electron chi connectivity index (χ4n) is 3.77. The lowest BCUT2D eigenvalue weighted by Gasteiger charge is -2.27. The molecule has 2 aliphatic rings. The fraction of sp³-hybridized carbons (Fsp3) is 0.750. The average Bonchev–Trinajstić information content (AvgIpc) is 2.96. The number of nitrogens with one attached hydrogen (secondary N) is 1. The van der Waals surface area contributed by atoms with Crippen molar-refractivity contribution in [2.75, 3.05) is 6.54 Å². The molecule has 4 heteroatoms. The lowest BCUT2D eigenvalue weighted by Crippen LogP contribution is -2.29. The van der Waals surface area contributed by atoms with Gasteiger partial charge in [0.15, 0.2) is 0 Å². The van der Waals surface area contributed by atoms with Gasteiger partial charge in [0, 0.05) is 13.0 Å². The molecule has 0 saturated heterocycles. The molecule has 0 saturated carbocycles. The van der Waals surface area contributed by atoms with Gasteiger partial charge in [-0.2, -0.15) is 0 Å². The molecule has 3 rings (SSSR count). The van der Waals surface area contributed by atoms with Gasteiger partial charge in [-0.3, -0.25) is 0 Å². The Balaban J connectivity index is 1.57. The summed E-state index contributed by atoms with van der Waals surface area (Å²) >= 11 is 0. The molecule has 0 spiro atoms. The molecule has 1 N–H and O–H groups in total. The van der Waals surface area contributed by atoms with Crippen LogP contribution in [-0.4, -0.2) is 21.3 Å². The van der Waals surface area contributed by atoms with Crippen molar-refractivity contribution in [1.82, 2.24) is 20.1 Å². The summed E-state index contributed by atoms with van der Waals surface area (Å²) in [6.45, 7) is 8.97. The minimum atomic E-state index is 0.302. The molecule has 20 heavy (non-hydrogen) atoms. The number of allylic oxidation sites excluding steroid dienone is 2. The molecule has 1 aromatic rings. The molecule has 3 unspecified atom stereocenters. The van der Waals surface area contributed by atoms with E-state index in [2.05, 4.69) is 46.9 Å². The summed E-state index contributed by atoms with van der Waals surface area (Å²) in [4.78, 5) is 0. The summed E-state index contributed by atoms with van der Waals surface area (Å²) in [5.74, 6) is 3.77. The van der Waals surface area contributed by atoms with Gasteiger partial charge in [-0.1, -0.05) is 18.6 Å². The summed E-state index contributed by atoms with van der Waals surface area (Å²) in [7, 11) is 0. The lowest BCUT2D eigenvalue weighted by atomic mass is 9.83. The summed E-state index contributed by atoms with van der Waals surface area (Å²) < 4.78 is 2.30. The third-order valence-electron chi connectivity index (χ3n) is 4.62. The van der Waals surface area contributed by atoms with Crippen LogP contribution in [0.25, 0.3) is 0 Å². The summed E-state index contributed by atoms with van der Waals surface area (Å²) in [5, 5.41) is 12.3. The third-order valence-corrected chi connectivity index (χ3v) is 4.62. The molecular formula is C16H26N4. The normalized spacial score (nSPS) is 27.2. The van der Waals surface area contributed by atoms with Crippen molar-refractivity contribution in [3.63, 3.8) is 0 Å². The first-order valence-corrected chi connectivity index (χ1v) is 7.96. The van der Waals surface area contributed by atoms with E-state index in [0.29, 0.717) is 6.04 Å². The molecule has 2 heterocycles. The smallest absolute Gasteiger partial charge is 0.149 e. The maximum atomic E-state index is 4.37. The Kier molecular flexibility index (Phi) is 3.92. The zero-order chi connectivity index (χ0) is 14.1. The van der Waals surface area contributed by atoms with Crippen LogP contribution in [0.15, 0.2) is 11.6 Å². The number of hydrogen-bond donors (Lipinski definition) is 1. The van der Waals surface area contributed by atoms with E-state index in [9.17, 15) is 0 Å². The second-order valence-electron chi connectivity index (χ2n) is 6.66. The van der Waals surface area contributed by atoms with Gasteiger partial charge in [-0.25, -0.2) is 0 Å². The minimum absolute atomic E-state index is 0.302. The van der Waals surface area contributed by atoms with Crippen molar-refractivity contribution in [3.05, 3.63) is 23.3 Å². The van der Waals surface area contributed by atoms with Crippen LogP contribution in [0.4, 0.5) is 0 Å². The van der Waals surface area contributed by atoms with Gasteiger partial charge in [0.2, 0.25) is 0 Å². The van der Waals surface area contributed by atoms with Crippen LogP contribution in [0.2, 0.25) is 0 Å². The highest BCUT2D eigenvalue weighted by Crippen LogP contribution is 2.28. The Bertz CT molecular complexity index is 503. The summed E-state index contributed by atoms with van der Waals surface area (Å²) in [5.41, 5.74) is 1.55. The van der Waals surface area contributed by atoms with Crippen LogP contribution in [0.3, 0.4) is 0 Å². The van der Waals surface area contributed by atoms with Crippen molar-refractivity contribution in [2.45, 2.75) is 59.0 Å². The SMILES string of the molecule is CC1=CC(C)CC(CNC(C)c2nnc3n2CCC3)C1. The maximum absolute atomic E-state index is 4.37. The van der Waals surface area contributed by atoms with Crippen LogP contribution in [0.1, 0.15) is 57.7 Å². The van der Waals surface area contributed by atoms with Crippen LogP contribution >= 0.6 is 0 Å². The van der Waals surface area contributed by atoms with Gasteiger partial charge in [-0.05, 0) is 51.5 Å². The summed E-state index contributed by atoms with van der Waals surface area (Å²) in [6.07, 6.45) is 7.26. The third kappa shape index (κ3) is 2.80. The minimum Gasteiger partial charge on any atom is -0.314 e. The monoisotopic (exact) mass is 274 g/mol. The zero-order valence-electron chi connectivity index (χ0n) is 12.9. The molecule has 3 atom stereocenters. The van der Waals surface area contributed by atoms with Gasteiger partial charge in [0.25, 0.3) is 0 Å². The second kappa shape index (κ2) is 5.68. The number of fused-ring (bicyclic) bond motifs is 1. The van der Waals surface area contributed by atoms with Crippen molar-refractivity contribution >= 4 is 0 Å². The predicted octanol–water partition coefficient (Wildman–Crippen LogP) is 2.87. The number of aryl methyl sites for hydroxylation is 1. The first-order valence-electron chi connectivity index (χ1n) is 7.96. The molecule has 0 aromatic carbocycles. The maximum Gasteiger partial charge on any atom is 0.149 e. The molecular weight excluding hydrogens is 248 g/mol. The first-order chi connectivity index (χ1) is 9.63. The Morgan fingerprint density at radius 2 is 2.30 bits per heavy atom. The van der Waals surface area contributed by atoms with Crippen molar-refractivity contribution < 1.29 is 0 Å². The fourth-order valence-corrected chi connectivity index (χ4v) is 3.77. The molecule has 0 radical (unpaired) electrons. The van der Waals surface area contributed by atoms with Gasteiger partial charge < -0.3 is 9.88 Å². The highest BCUT2D eigenvalue weighted by Gasteiger charge is 2.23.